The maximum Gasteiger partial charge on any atom is 0.243 e. The van der Waals surface area contributed by atoms with E-state index in [1.807, 2.05) is 48.0 Å². The SMILES string of the molecule is Cc1cccn2cc(-c3ccc(S(=O)(=O)N4CCCCCC4)cc3)nc12. The summed E-state index contributed by atoms with van der Waals surface area (Å²) in [6.45, 7) is 3.27. The molecule has 1 fully saturated rings. The maximum atomic E-state index is 12.9. The molecule has 3 aromatic rings. The van der Waals surface area contributed by atoms with Crippen molar-refractivity contribution < 1.29 is 8.42 Å². The van der Waals surface area contributed by atoms with Crippen molar-refractivity contribution in [2.75, 3.05) is 13.1 Å². The number of aromatic nitrogens is 2. The average Bonchev–Trinajstić information content (AvgIpc) is 2.89. The van der Waals surface area contributed by atoms with Gasteiger partial charge in [-0.3, -0.25) is 0 Å². The lowest BCUT2D eigenvalue weighted by Crippen LogP contribution is -2.31. The number of fused-ring (bicyclic) bond motifs is 1. The Morgan fingerprint density at radius 3 is 2.31 bits per heavy atom. The van der Waals surface area contributed by atoms with Crippen LogP contribution in [0, 0.1) is 6.92 Å². The van der Waals surface area contributed by atoms with Crippen molar-refractivity contribution in [2.24, 2.45) is 0 Å². The average molecular weight is 369 g/mol. The molecule has 0 N–H and O–H groups in total. The summed E-state index contributed by atoms with van der Waals surface area (Å²) >= 11 is 0. The van der Waals surface area contributed by atoms with Gasteiger partial charge in [-0.2, -0.15) is 4.31 Å². The van der Waals surface area contributed by atoms with E-state index in [0.29, 0.717) is 18.0 Å². The first-order chi connectivity index (χ1) is 12.6. The van der Waals surface area contributed by atoms with E-state index in [1.54, 1.807) is 16.4 Å². The van der Waals surface area contributed by atoms with Crippen LogP contribution in [0.2, 0.25) is 0 Å². The molecule has 1 aliphatic rings. The smallest absolute Gasteiger partial charge is 0.243 e. The van der Waals surface area contributed by atoms with E-state index in [-0.39, 0.29) is 0 Å². The van der Waals surface area contributed by atoms with Gasteiger partial charge in [-0.05, 0) is 43.5 Å². The van der Waals surface area contributed by atoms with E-state index in [9.17, 15) is 8.42 Å². The molecule has 6 heteroatoms. The van der Waals surface area contributed by atoms with Crippen molar-refractivity contribution in [2.45, 2.75) is 37.5 Å². The molecule has 0 aliphatic carbocycles. The van der Waals surface area contributed by atoms with E-state index < -0.39 is 10.0 Å². The van der Waals surface area contributed by atoms with Gasteiger partial charge in [0.2, 0.25) is 10.0 Å². The first-order valence-corrected chi connectivity index (χ1v) is 10.5. The molecule has 5 nitrogen and oxygen atoms in total. The van der Waals surface area contributed by atoms with Gasteiger partial charge in [0, 0.05) is 31.0 Å². The lowest BCUT2D eigenvalue weighted by molar-refractivity contribution is 0.424. The Morgan fingerprint density at radius 2 is 1.65 bits per heavy atom. The van der Waals surface area contributed by atoms with Crippen molar-refractivity contribution in [1.82, 2.24) is 13.7 Å². The highest BCUT2D eigenvalue weighted by Gasteiger charge is 2.25. The van der Waals surface area contributed by atoms with Crippen LogP contribution in [0.3, 0.4) is 0 Å². The second kappa shape index (κ2) is 6.85. The molecule has 2 aromatic heterocycles. The summed E-state index contributed by atoms with van der Waals surface area (Å²) in [5.41, 5.74) is 3.80. The van der Waals surface area contributed by atoms with Gasteiger partial charge in [0.05, 0.1) is 10.6 Å². The maximum absolute atomic E-state index is 12.9. The van der Waals surface area contributed by atoms with Gasteiger partial charge in [-0.15, -0.1) is 0 Å². The van der Waals surface area contributed by atoms with E-state index in [4.69, 9.17) is 0 Å². The number of hydrogen-bond acceptors (Lipinski definition) is 3. The molecular formula is C20H23N3O2S. The van der Waals surface area contributed by atoms with Crippen LogP contribution in [-0.4, -0.2) is 35.2 Å². The number of hydrogen-bond donors (Lipinski definition) is 0. The predicted molar refractivity (Wildman–Crippen MR) is 103 cm³/mol. The van der Waals surface area contributed by atoms with E-state index in [2.05, 4.69) is 4.98 Å². The molecule has 26 heavy (non-hydrogen) atoms. The van der Waals surface area contributed by atoms with Crippen LogP contribution in [0.15, 0.2) is 53.7 Å². The van der Waals surface area contributed by atoms with E-state index >= 15 is 0 Å². The van der Waals surface area contributed by atoms with Crippen molar-refractivity contribution in [1.29, 1.82) is 0 Å². The third kappa shape index (κ3) is 3.15. The summed E-state index contributed by atoms with van der Waals surface area (Å²) < 4.78 is 29.4. The normalized spacial score (nSPS) is 16.7. The topological polar surface area (TPSA) is 54.7 Å². The van der Waals surface area contributed by atoms with E-state index in [1.165, 1.54) is 0 Å². The fraction of sp³-hybridized carbons (Fsp3) is 0.350. The van der Waals surface area contributed by atoms with Crippen molar-refractivity contribution in [3.8, 4) is 11.3 Å². The lowest BCUT2D eigenvalue weighted by Gasteiger charge is -2.19. The second-order valence-corrected chi connectivity index (χ2v) is 8.83. The fourth-order valence-electron chi connectivity index (χ4n) is 3.52. The molecule has 0 saturated carbocycles. The van der Waals surface area contributed by atoms with Gasteiger partial charge in [0.1, 0.15) is 5.65 Å². The standard InChI is InChI=1S/C20H23N3O2S/c1-16-7-6-12-22-15-19(21-20(16)22)17-8-10-18(11-9-17)26(24,25)23-13-4-2-3-5-14-23/h6-12,15H,2-5,13-14H2,1H3. The minimum absolute atomic E-state index is 0.364. The molecule has 0 unspecified atom stereocenters. The predicted octanol–water partition coefficient (Wildman–Crippen LogP) is 3.87. The zero-order chi connectivity index (χ0) is 18.1. The van der Waals surface area contributed by atoms with Crippen LogP contribution in [0.1, 0.15) is 31.2 Å². The van der Waals surface area contributed by atoms with Gasteiger partial charge in [-0.1, -0.05) is 31.0 Å². The molecule has 3 heterocycles. The van der Waals surface area contributed by atoms with E-state index in [0.717, 1.165) is 48.2 Å². The van der Waals surface area contributed by atoms with Gasteiger partial charge in [-0.25, -0.2) is 13.4 Å². The highest BCUT2D eigenvalue weighted by Crippen LogP contribution is 2.25. The molecule has 0 radical (unpaired) electrons. The van der Waals surface area contributed by atoms with Gasteiger partial charge in [0.15, 0.2) is 0 Å². The van der Waals surface area contributed by atoms with Crippen molar-refractivity contribution in [3.05, 3.63) is 54.4 Å². The van der Waals surface area contributed by atoms with Gasteiger partial charge >= 0.3 is 0 Å². The fourth-order valence-corrected chi connectivity index (χ4v) is 5.04. The number of nitrogens with zero attached hydrogens (tertiary/aromatic N) is 3. The molecule has 0 atom stereocenters. The van der Waals surface area contributed by atoms with Gasteiger partial charge < -0.3 is 4.40 Å². The second-order valence-electron chi connectivity index (χ2n) is 6.89. The molecule has 1 saturated heterocycles. The van der Waals surface area contributed by atoms with Crippen LogP contribution in [0.4, 0.5) is 0 Å². The third-order valence-electron chi connectivity index (χ3n) is 5.03. The Hall–Kier alpha value is -2.18. The minimum atomic E-state index is -3.41. The summed E-state index contributed by atoms with van der Waals surface area (Å²) in [6.07, 6.45) is 8.05. The molecule has 0 amide bonds. The lowest BCUT2D eigenvalue weighted by atomic mass is 10.2. The molecule has 4 rings (SSSR count). The number of aryl methyl sites for hydroxylation is 1. The summed E-state index contributed by atoms with van der Waals surface area (Å²) in [5.74, 6) is 0. The third-order valence-corrected chi connectivity index (χ3v) is 6.94. The number of pyridine rings is 1. The summed E-state index contributed by atoms with van der Waals surface area (Å²) in [4.78, 5) is 5.04. The van der Waals surface area contributed by atoms with Gasteiger partial charge in [0.25, 0.3) is 0 Å². The first-order valence-electron chi connectivity index (χ1n) is 9.11. The zero-order valence-electron chi connectivity index (χ0n) is 14.9. The van der Waals surface area contributed by atoms with Crippen molar-refractivity contribution >= 4 is 15.7 Å². The van der Waals surface area contributed by atoms with Crippen LogP contribution in [0.5, 0.6) is 0 Å². The Kier molecular flexibility index (Phi) is 4.54. The molecular weight excluding hydrogens is 346 g/mol. The summed E-state index contributed by atoms with van der Waals surface area (Å²) in [5, 5.41) is 0. The Labute approximate surface area is 154 Å². The Balaban J connectivity index is 1.64. The summed E-state index contributed by atoms with van der Waals surface area (Å²) in [6, 6.07) is 11.1. The molecule has 0 spiro atoms. The molecule has 1 aromatic carbocycles. The minimum Gasteiger partial charge on any atom is -0.306 e. The van der Waals surface area contributed by atoms with Crippen LogP contribution in [-0.2, 0) is 10.0 Å². The number of rotatable bonds is 3. The highest BCUT2D eigenvalue weighted by molar-refractivity contribution is 7.89. The number of sulfonamides is 1. The molecule has 0 bridgehead atoms. The molecule has 136 valence electrons. The monoisotopic (exact) mass is 369 g/mol. The quantitative estimate of drug-likeness (QED) is 0.704. The van der Waals surface area contributed by atoms with Crippen LogP contribution >= 0.6 is 0 Å². The number of benzene rings is 1. The van der Waals surface area contributed by atoms with Crippen molar-refractivity contribution in [3.63, 3.8) is 0 Å². The van der Waals surface area contributed by atoms with Crippen LogP contribution in [0.25, 0.3) is 16.9 Å². The molecule has 1 aliphatic heterocycles. The Morgan fingerprint density at radius 1 is 0.962 bits per heavy atom. The number of imidazole rings is 1. The highest BCUT2D eigenvalue weighted by atomic mass is 32.2. The van der Waals surface area contributed by atoms with Crippen LogP contribution < -0.4 is 0 Å². The zero-order valence-corrected chi connectivity index (χ0v) is 15.7. The first kappa shape index (κ1) is 17.2. The Bertz CT molecular complexity index is 1010. The largest absolute Gasteiger partial charge is 0.306 e. The summed E-state index contributed by atoms with van der Waals surface area (Å²) in [7, 11) is -3.41.